The molecular weight excluding hydrogens is 281 g/mol. The van der Waals surface area contributed by atoms with E-state index in [4.69, 9.17) is 9.42 Å². The standard InChI is InChI=1S/C12H20N3O4P/c1-8(6-16)12(19-20(17)18)9(2)10(3)15-11-4-5-13-7-14-11/h4-5,7-10,12,16H,6H2,1-3H3,(H-,13,14,15,17,18)/p+1/t8-,9+,10-,12-/m1/s1. The zero-order chi connectivity index (χ0) is 15.1. The molecule has 7 nitrogen and oxygen atoms in total. The molecule has 0 amide bonds. The van der Waals surface area contributed by atoms with E-state index in [0.717, 1.165) is 0 Å². The quantitative estimate of drug-likeness (QED) is 0.626. The molecule has 0 aliphatic carbocycles. The van der Waals surface area contributed by atoms with Crippen molar-refractivity contribution in [1.82, 2.24) is 9.97 Å². The lowest BCUT2D eigenvalue weighted by Gasteiger charge is -2.28. The molecule has 1 aromatic heterocycles. The number of nitrogens with one attached hydrogen (secondary N) is 1. The van der Waals surface area contributed by atoms with Crippen molar-refractivity contribution >= 4 is 14.1 Å². The average Bonchev–Trinajstić information content (AvgIpc) is 2.44. The Kier molecular flexibility index (Phi) is 6.95. The molecule has 1 heterocycles. The van der Waals surface area contributed by atoms with Gasteiger partial charge in [0.25, 0.3) is 0 Å². The molecule has 3 N–H and O–H groups in total. The SMILES string of the molecule is C[C@H]([C@H](O[P+](=O)O)[C@H](C)CO)[C@@H](C)Nc1ccncn1. The molecule has 0 bridgehead atoms. The molecule has 0 aliphatic rings. The first-order chi connectivity index (χ1) is 9.45. The summed E-state index contributed by atoms with van der Waals surface area (Å²) in [6.45, 7) is 5.49. The minimum Gasteiger partial charge on any atom is -0.396 e. The number of rotatable bonds is 8. The van der Waals surface area contributed by atoms with Gasteiger partial charge in [0.05, 0.1) is 0 Å². The Morgan fingerprint density at radius 1 is 1.45 bits per heavy atom. The number of anilines is 1. The summed E-state index contributed by atoms with van der Waals surface area (Å²) in [5, 5.41) is 12.4. The van der Waals surface area contributed by atoms with E-state index in [2.05, 4.69) is 15.3 Å². The molecule has 0 radical (unpaired) electrons. The predicted octanol–water partition coefficient (Wildman–Crippen LogP) is 1.58. The van der Waals surface area contributed by atoms with Crippen molar-refractivity contribution in [2.75, 3.05) is 11.9 Å². The molecule has 8 heteroatoms. The van der Waals surface area contributed by atoms with Crippen LogP contribution in [0.15, 0.2) is 18.6 Å². The van der Waals surface area contributed by atoms with E-state index in [9.17, 15) is 9.67 Å². The van der Waals surface area contributed by atoms with Gasteiger partial charge in [-0.05, 0) is 13.0 Å². The van der Waals surface area contributed by atoms with Crippen molar-refractivity contribution in [2.45, 2.75) is 32.9 Å². The van der Waals surface area contributed by atoms with Gasteiger partial charge in [-0.1, -0.05) is 13.8 Å². The lowest BCUT2D eigenvalue weighted by atomic mass is 9.89. The van der Waals surface area contributed by atoms with Crippen LogP contribution in [0.2, 0.25) is 0 Å². The highest BCUT2D eigenvalue weighted by atomic mass is 31.1. The fraction of sp³-hybridized carbons (Fsp3) is 0.667. The minimum atomic E-state index is -2.71. The van der Waals surface area contributed by atoms with Gasteiger partial charge >= 0.3 is 8.25 Å². The van der Waals surface area contributed by atoms with Crippen LogP contribution in [-0.2, 0) is 9.09 Å². The van der Waals surface area contributed by atoms with Crippen LogP contribution >= 0.6 is 8.25 Å². The van der Waals surface area contributed by atoms with Crippen LogP contribution in [0.4, 0.5) is 5.82 Å². The molecule has 0 saturated carbocycles. The van der Waals surface area contributed by atoms with Gasteiger partial charge in [-0.3, -0.25) is 0 Å². The Balaban J connectivity index is 2.72. The number of hydrogen-bond acceptors (Lipinski definition) is 6. The zero-order valence-electron chi connectivity index (χ0n) is 11.8. The Morgan fingerprint density at radius 3 is 2.65 bits per heavy atom. The number of nitrogens with zero attached hydrogens (tertiary/aromatic N) is 2. The molecule has 1 unspecified atom stereocenters. The lowest BCUT2D eigenvalue weighted by Crippen LogP contribution is -2.38. The highest BCUT2D eigenvalue weighted by molar-refractivity contribution is 7.32. The van der Waals surface area contributed by atoms with Crippen molar-refractivity contribution in [2.24, 2.45) is 11.8 Å². The van der Waals surface area contributed by atoms with Crippen LogP contribution < -0.4 is 5.32 Å². The van der Waals surface area contributed by atoms with Crippen molar-refractivity contribution in [1.29, 1.82) is 0 Å². The Hall–Kier alpha value is -1.14. The normalized spacial score (nSPS) is 17.9. The summed E-state index contributed by atoms with van der Waals surface area (Å²) < 4.78 is 16.0. The van der Waals surface area contributed by atoms with E-state index >= 15 is 0 Å². The van der Waals surface area contributed by atoms with Crippen LogP contribution in [0.5, 0.6) is 0 Å². The molecule has 0 fully saturated rings. The summed E-state index contributed by atoms with van der Waals surface area (Å²) in [6, 6.07) is 1.68. The van der Waals surface area contributed by atoms with Crippen molar-refractivity contribution in [3.8, 4) is 0 Å². The molecule has 112 valence electrons. The van der Waals surface area contributed by atoms with Crippen LogP contribution in [0.25, 0.3) is 0 Å². The fourth-order valence-corrected chi connectivity index (χ4v) is 2.56. The molecule has 1 aromatic rings. The summed E-state index contributed by atoms with van der Waals surface area (Å²) in [6.07, 6.45) is 2.54. The van der Waals surface area contributed by atoms with Crippen molar-refractivity contribution in [3.05, 3.63) is 18.6 Å². The van der Waals surface area contributed by atoms with E-state index in [1.165, 1.54) is 6.33 Å². The topological polar surface area (TPSA) is 105 Å². The molecule has 0 aliphatic heterocycles. The second-order valence-electron chi connectivity index (χ2n) is 4.85. The number of aromatic nitrogens is 2. The highest BCUT2D eigenvalue weighted by Gasteiger charge is 2.35. The van der Waals surface area contributed by atoms with Gasteiger partial charge in [0, 0.05) is 35.2 Å². The number of aliphatic hydroxyl groups excluding tert-OH is 1. The van der Waals surface area contributed by atoms with Crippen LogP contribution in [0.1, 0.15) is 20.8 Å². The van der Waals surface area contributed by atoms with Gasteiger partial charge in [-0.2, -0.15) is 0 Å². The third-order valence-electron chi connectivity index (χ3n) is 3.33. The second kappa shape index (κ2) is 8.21. The Bertz CT molecular complexity index is 420. The molecule has 0 spiro atoms. The average molecular weight is 302 g/mol. The van der Waals surface area contributed by atoms with Gasteiger partial charge < -0.3 is 10.4 Å². The maximum absolute atomic E-state index is 10.9. The maximum Gasteiger partial charge on any atom is 0.695 e. The summed E-state index contributed by atoms with van der Waals surface area (Å²) in [7, 11) is -2.71. The van der Waals surface area contributed by atoms with Gasteiger partial charge in [0.2, 0.25) is 0 Å². The summed E-state index contributed by atoms with van der Waals surface area (Å²) in [4.78, 5) is 16.9. The van der Waals surface area contributed by atoms with Gasteiger partial charge in [-0.15, -0.1) is 9.42 Å². The lowest BCUT2D eigenvalue weighted by molar-refractivity contribution is 0.0495. The molecule has 1 rings (SSSR count). The molecule has 0 aromatic carbocycles. The Labute approximate surface area is 119 Å². The zero-order valence-corrected chi connectivity index (χ0v) is 12.7. The first-order valence-electron chi connectivity index (χ1n) is 6.42. The van der Waals surface area contributed by atoms with Crippen molar-refractivity contribution in [3.63, 3.8) is 0 Å². The van der Waals surface area contributed by atoms with Crippen LogP contribution in [0, 0.1) is 11.8 Å². The van der Waals surface area contributed by atoms with E-state index in [0.29, 0.717) is 5.82 Å². The third kappa shape index (κ3) is 5.09. The maximum atomic E-state index is 10.9. The fourth-order valence-electron chi connectivity index (χ4n) is 1.95. The molecule has 0 saturated heterocycles. The van der Waals surface area contributed by atoms with Gasteiger partial charge in [-0.25, -0.2) is 9.97 Å². The first kappa shape index (κ1) is 16.9. The van der Waals surface area contributed by atoms with Crippen molar-refractivity contribution < 1.29 is 19.1 Å². The monoisotopic (exact) mass is 302 g/mol. The van der Waals surface area contributed by atoms with E-state index in [1.54, 1.807) is 19.2 Å². The second-order valence-corrected chi connectivity index (χ2v) is 5.54. The number of hydrogen-bond donors (Lipinski definition) is 3. The first-order valence-corrected chi connectivity index (χ1v) is 7.55. The highest BCUT2D eigenvalue weighted by Crippen LogP contribution is 2.29. The predicted molar refractivity (Wildman–Crippen MR) is 75.2 cm³/mol. The summed E-state index contributed by atoms with van der Waals surface area (Å²) in [5.74, 6) is 0.326. The Morgan fingerprint density at radius 2 is 2.15 bits per heavy atom. The third-order valence-corrected chi connectivity index (χ3v) is 3.75. The summed E-state index contributed by atoms with van der Waals surface area (Å²) >= 11 is 0. The molecule has 5 atom stereocenters. The minimum absolute atomic E-state index is 0.0566. The van der Waals surface area contributed by atoms with E-state index in [-0.39, 0.29) is 24.5 Å². The molecule has 20 heavy (non-hydrogen) atoms. The van der Waals surface area contributed by atoms with Gasteiger partial charge in [0.1, 0.15) is 18.2 Å². The number of aliphatic hydroxyl groups is 1. The largest absolute Gasteiger partial charge is 0.695 e. The smallest absolute Gasteiger partial charge is 0.396 e. The van der Waals surface area contributed by atoms with Crippen LogP contribution in [-0.4, -0.2) is 38.7 Å². The van der Waals surface area contributed by atoms with E-state index < -0.39 is 14.4 Å². The molecular formula is C12H21N3O4P+. The van der Waals surface area contributed by atoms with Gasteiger partial charge in [0.15, 0.2) is 0 Å². The summed E-state index contributed by atoms with van der Waals surface area (Å²) in [5.41, 5.74) is 0. The van der Waals surface area contributed by atoms with E-state index in [1.807, 2.05) is 13.8 Å². The van der Waals surface area contributed by atoms with Crippen LogP contribution in [0.3, 0.4) is 0 Å².